The smallest absolute Gasteiger partial charge is 0.319 e. The number of ether oxygens (including phenoxy) is 1. The fourth-order valence-corrected chi connectivity index (χ4v) is 4.81. The Morgan fingerprint density at radius 2 is 1.77 bits per heavy atom. The molecule has 1 aromatic rings. The lowest BCUT2D eigenvalue weighted by Gasteiger charge is -2.29. The van der Waals surface area contributed by atoms with Crippen LogP contribution in [0.3, 0.4) is 0 Å². The molecule has 0 radical (unpaired) electrons. The predicted molar refractivity (Wildman–Crippen MR) is 124 cm³/mol. The number of nitrogens with zero attached hydrogens (tertiary/aromatic N) is 1. The van der Waals surface area contributed by atoms with Gasteiger partial charge in [-0.1, -0.05) is 44.7 Å². The lowest BCUT2D eigenvalue weighted by molar-refractivity contribution is 0.0375. The van der Waals surface area contributed by atoms with Gasteiger partial charge in [0.25, 0.3) is 0 Å². The molecule has 0 aromatic heterocycles. The Morgan fingerprint density at radius 1 is 1.03 bits per heavy atom. The van der Waals surface area contributed by atoms with E-state index in [4.69, 9.17) is 4.74 Å². The van der Waals surface area contributed by atoms with E-state index in [0.29, 0.717) is 12.5 Å². The van der Waals surface area contributed by atoms with E-state index in [1.807, 2.05) is 0 Å². The number of hydrogen-bond donors (Lipinski definition) is 2. The molecular weight excluding hydrogens is 374 g/mol. The van der Waals surface area contributed by atoms with E-state index >= 15 is 0 Å². The minimum Gasteiger partial charge on any atom is -0.379 e. The number of hydrogen-bond acceptors (Lipinski definition) is 3. The first-order chi connectivity index (χ1) is 14.7. The molecule has 1 aliphatic heterocycles. The van der Waals surface area contributed by atoms with Gasteiger partial charge >= 0.3 is 6.03 Å². The largest absolute Gasteiger partial charge is 0.379 e. The van der Waals surface area contributed by atoms with E-state index in [9.17, 15) is 4.79 Å². The van der Waals surface area contributed by atoms with Gasteiger partial charge in [-0.25, -0.2) is 4.79 Å². The van der Waals surface area contributed by atoms with Crippen LogP contribution in [0.1, 0.15) is 76.2 Å². The summed E-state index contributed by atoms with van der Waals surface area (Å²) in [5.41, 5.74) is 2.30. The first-order valence-electron chi connectivity index (χ1n) is 12.2. The Bertz CT molecular complexity index is 605. The first-order valence-corrected chi connectivity index (χ1v) is 12.2. The van der Waals surface area contributed by atoms with Gasteiger partial charge in [0.05, 0.1) is 13.2 Å². The highest BCUT2D eigenvalue weighted by molar-refractivity contribution is 5.89. The van der Waals surface area contributed by atoms with Crippen molar-refractivity contribution in [2.75, 3.05) is 44.7 Å². The highest BCUT2D eigenvalue weighted by atomic mass is 16.5. The predicted octanol–water partition coefficient (Wildman–Crippen LogP) is 5.38. The summed E-state index contributed by atoms with van der Waals surface area (Å²) in [5.74, 6) is 1.64. The minimum atomic E-state index is -0.114. The van der Waals surface area contributed by atoms with Crippen LogP contribution in [0, 0.1) is 5.92 Å². The molecule has 1 aromatic carbocycles. The second-order valence-electron chi connectivity index (χ2n) is 9.02. The average Bonchev–Trinajstić information content (AvgIpc) is 2.79. The number of morpholine rings is 1. The van der Waals surface area contributed by atoms with E-state index < -0.39 is 0 Å². The first kappa shape index (κ1) is 23.1. The van der Waals surface area contributed by atoms with Crippen LogP contribution in [0.4, 0.5) is 10.5 Å². The summed E-state index contributed by atoms with van der Waals surface area (Å²) < 4.78 is 5.36. The maximum atomic E-state index is 12.1. The van der Waals surface area contributed by atoms with Crippen LogP contribution < -0.4 is 10.6 Å². The van der Waals surface area contributed by atoms with Crippen LogP contribution in [-0.2, 0) is 4.74 Å². The monoisotopic (exact) mass is 415 g/mol. The van der Waals surface area contributed by atoms with Gasteiger partial charge in [0.2, 0.25) is 0 Å². The number of nitrogens with one attached hydrogen (secondary N) is 2. The third-order valence-electron chi connectivity index (χ3n) is 6.74. The summed E-state index contributed by atoms with van der Waals surface area (Å²) in [4.78, 5) is 14.5. The highest BCUT2D eigenvalue weighted by Gasteiger charge is 2.22. The molecule has 1 aliphatic carbocycles. The maximum Gasteiger partial charge on any atom is 0.319 e. The molecule has 1 saturated heterocycles. The normalized spacial score (nSPS) is 22.6. The Hall–Kier alpha value is -1.59. The highest BCUT2D eigenvalue weighted by Crippen LogP contribution is 2.38. The fraction of sp³-hybridized carbons (Fsp3) is 0.720. The van der Waals surface area contributed by atoms with Gasteiger partial charge in [-0.05, 0) is 68.2 Å². The van der Waals surface area contributed by atoms with E-state index in [0.717, 1.165) is 50.9 Å². The number of carbonyl (C=O) groups excluding carboxylic acids is 1. The van der Waals surface area contributed by atoms with Crippen LogP contribution in [0.25, 0.3) is 0 Å². The molecule has 2 N–H and O–H groups in total. The zero-order chi connectivity index (χ0) is 21.0. The lowest BCUT2D eigenvalue weighted by Crippen LogP contribution is -2.38. The molecule has 3 rings (SSSR count). The topological polar surface area (TPSA) is 53.6 Å². The quantitative estimate of drug-likeness (QED) is 0.504. The zero-order valence-corrected chi connectivity index (χ0v) is 18.8. The third-order valence-corrected chi connectivity index (χ3v) is 6.74. The molecule has 0 atom stereocenters. The molecule has 1 saturated carbocycles. The van der Waals surface area contributed by atoms with Gasteiger partial charge in [-0.3, -0.25) is 4.90 Å². The molecule has 2 fully saturated rings. The maximum absolute atomic E-state index is 12.1. The number of anilines is 1. The number of urea groups is 1. The van der Waals surface area contributed by atoms with Crippen molar-refractivity contribution < 1.29 is 9.53 Å². The number of rotatable bonds is 10. The van der Waals surface area contributed by atoms with Crippen molar-refractivity contribution in [1.29, 1.82) is 0 Å². The fourth-order valence-electron chi connectivity index (χ4n) is 4.81. The number of benzene rings is 1. The zero-order valence-electron chi connectivity index (χ0n) is 18.8. The molecular formula is C25H41N3O2. The third kappa shape index (κ3) is 7.92. The van der Waals surface area contributed by atoms with Crippen LogP contribution >= 0.6 is 0 Å². The molecule has 2 aliphatic rings. The Labute approximate surface area is 182 Å². The SMILES string of the molecule is CCCCCC1CCC(c2ccc(NC(=O)NCCCN3CCOCC3)cc2)CC1. The Morgan fingerprint density at radius 3 is 2.47 bits per heavy atom. The minimum absolute atomic E-state index is 0.114. The Kier molecular flexibility index (Phi) is 9.97. The summed E-state index contributed by atoms with van der Waals surface area (Å²) in [5, 5.41) is 5.93. The van der Waals surface area contributed by atoms with Crippen molar-refractivity contribution >= 4 is 11.7 Å². The Balaban J connectivity index is 1.31. The molecule has 30 heavy (non-hydrogen) atoms. The van der Waals surface area contributed by atoms with Gasteiger partial charge in [-0.15, -0.1) is 0 Å². The average molecular weight is 416 g/mol. The standard InChI is InChI=1S/C25H41N3O2/c1-2-3-4-6-21-7-9-22(10-8-21)23-11-13-24(14-12-23)27-25(29)26-15-5-16-28-17-19-30-20-18-28/h11-14,21-22H,2-10,15-20H2,1H3,(H2,26,27,29). The lowest BCUT2D eigenvalue weighted by atomic mass is 9.77. The second kappa shape index (κ2) is 13.0. The van der Waals surface area contributed by atoms with Crippen LogP contribution in [0.15, 0.2) is 24.3 Å². The molecule has 1 heterocycles. The summed E-state index contributed by atoms with van der Waals surface area (Å²) in [6.07, 6.45) is 11.9. The van der Waals surface area contributed by atoms with Crippen molar-refractivity contribution in [1.82, 2.24) is 10.2 Å². The van der Waals surface area contributed by atoms with Gasteiger partial charge in [0.15, 0.2) is 0 Å². The second-order valence-corrected chi connectivity index (χ2v) is 9.02. The molecule has 5 nitrogen and oxygen atoms in total. The van der Waals surface area contributed by atoms with Gasteiger partial charge in [0, 0.05) is 25.3 Å². The van der Waals surface area contributed by atoms with Crippen molar-refractivity contribution in [2.24, 2.45) is 5.92 Å². The molecule has 168 valence electrons. The summed E-state index contributed by atoms with van der Waals surface area (Å²) in [6.45, 7) is 7.64. The molecule has 2 amide bonds. The van der Waals surface area contributed by atoms with Gasteiger partial charge in [-0.2, -0.15) is 0 Å². The molecule has 5 heteroatoms. The number of carbonyl (C=O) groups is 1. The summed E-state index contributed by atoms with van der Waals surface area (Å²) >= 11 is 0. The van der Waals surface area contributed by atoms with Crippen molar-refractivity contribution in [3.05, 3.63) is 29.8 Å². The molecule has 0 unspecified atom stereocenters. The summed E-state index contributed by atoms with van der Waals surface area (Å²) in [6, 6.07) is 8.40. The van der Waals surface area contributed by atoms with Gasteiger partial charge < -0.3 is 15.4 Å². The van der Waals surface area contributed by atoms with Crippen molar-refractivity contribution in [2.45, 2.75) is 70.6 Å². The van der Waals surface area contributed by atoms with E-state index in [2.05, 4.69) is 46.7 Å². The summed E-state index contributed by atoms with van der Waals surface area (Å²) in [7, 11) is 0. The van der Waals surface area contributed by atoms with Crippen LogP contribution in [0.5, 0.6) is 0 Å². The molecule has 0 spiro atoms. The van der Waals surface area contributed by atoms with Gasteiger partial charge in [0.1, 0.15) is 0 Å². The van der Waals surface area contributed by atoms with Crippen LogP contribution in [-0.4, -0.2) is 50.3 Å². The van der Waals surface area contributed by atoms with E-state index in [-0.39, 0.29) is 6.03 Å². The van der Waals surface area contributed by atoms with Crippen molar-refractivity contribution in [3.8, 4) is 0 Å². The van der Waals surface area contributed by atoms with E-state index in [1.54, 1.807) is 0 Å². The number of unbranched alkanes of at least 4 members (excludes halogenated alkanes) is 2. The number of amides is 2. The van der Waals surface area contributed by atoms with Crippen molar-refractivity contribution in [3.63, 3.8) is 0 Å². The van der Waals surface area contributed by atoms with E-state index in [1.165, 1.54) is 56.9 Å². The van der Waals surface area contributed by atoms with Crippen LogP contribution in [0.2, 0.25) is 0 Å². The molecule has 0 bridgehead atoms.